The summed E-state index contributed by atoms with van der Waals surface area (Å²) in [4.78, 5) is 2.34. The quantitative estimate of drug-likeness (QED) is 0.173. The minimum absolute atomic E-state index is 0.856. The molecule has 258 valence electrons. The molecular weight excluding hydrogens is 671 g/mol. The van der Waals surface area contributed by atoms with Crippen molar-refractivity contribution in [3.05, 3.63) is 200 Å². The first kappa shape index (κ1) is 31.2. The van der Waals surface area contributed by atoms with E-state index in [1.807, 2.05) is 12.1 Å². The van der Waals surface area contributed by atoms with Crippen molar-refractivity contribution in [1.82, 2.24) is 0 Å². The van der Waals surface area contributed by atoms with Gasteiger partial charge in [-0.25, -0.2) is 0 Å². The third-order valence-corrected chi connectivity index (χ3v) is 10.8. The Hall–Kier alpha value is -7.36. The van der Waals surface area contributed by atoms with Gasteiger partial charge in [0, 0.05) is 44.5 Å². The van der Waals surface area contributed by atoms with Crippen LogP contribution < -0.4 is 4.90 Å². The van der Waals surface area contributed by atoms with E-state index in [1.165, 1.54) is 27.5 Å². The van der Waals surface area contributed by atoms with Crippen LogP contribution in [0, 0.1) is 0 Å². The first-order valence-electron chi connectivity index (χ1n) is 18.7. The molecule has 0 spiro atoms. The molecule has 9 aromatic carbocycles. The van der Waals surface area contributed by atoms with E-state index in [2.05, 4.69) is 193 Å². The van der Waals surface area contributed by atoms with Crippen molar-refractivity contribution in [3.8, 4) is 33.4 Å². The molecule has 11 rings (SSSR count). The summed E-state index contributed by atoms with van der Waals surface area (Å²) in [5.41, 5.74) is 13.6. The molecule has 11 aromatic rings. The fourth-order valence-electron chi connectivity index (χ4n) is 8.14. The second-order valence-electron chi connectivity index (χ2n) is 14.1. The monoisotopic (exact) mass is 703 g/mol. The molecule has 3 heteroatoms. The molecule has 55 heavy (non-hydrogen) atoms. The Balaban J connectivity index is 1.06. The molecule has 0 saturated heterocycles. The lowest BCUT2D eigenvalue weighted by Crippen LogP contribution is -2.11. The summed E-state index contributed by atoms with van der Waals surface area (Å²) < 4.78 is 12.8. The summed E-state index contributed by atoms with van der Waals surface area (Å²) in [7, 11) is 0. The van der Waals surface area contributed by atoms with Crippen molar-refractivity contribution in [2.75, 3.05) is 4.90 Å². The first-order chi connectivity index (χ1) is 27.2. The highest BCUT2D eigenvalue weighted by Gasteiger charge is 2.20. The molecule has 0 saturated carbocycles. The van der Waals surface area contributed by atoms with E-state index in [-0.39, 0.29) is 0 Å². The normalized spacial score (nSPS) is 11.6. The molecule has 0 atom stereocenters. The minimum atomic E-state index is 0.856. The first-order valence-corrected chi connectivity index (χ1v) is 18.7. The summed E-state index contributed by atoms with van der Waals surface area (Å²) in [6, 6.07) is 71.1. The largest absolute Gasteiger partial charge is 0.456 e. The zero-order valence-electron chi connectivity index (χ0n) is 29.8. The Bertz CT molecular complexity index is 3210. The molecule has 0 aliphatic rings. The molecule has 0 bridgehead atoms. The van der Waals surface area contributed by atoms with Crippen molar-refractivity contribution in [2.24, 2.45) is 0 Å². The highest BCUT2D eigenvalue weighted by molar-refractivity contribution is 6.11. The lowest BCUT2D eigenvalue weighted by atomic mass is 9.98. The van der Waals surface area contributed by atoms with Crippen molar-refractivity contribution < 1.29 is 8.83 Å². The summed E-state index contributed by atoms with van der Waals surface area (Å²) in [5.74, 6) is 0. The molecule has 0 N–H and O–H groups in total. The minimum Gasteiger partial charge on any atom is -0.456 e. The fourth-order valence-corrected chi connectivity index (χ4v) is 8.14. The van der Waals surface area contributed by atoms with Gasteiger partial charge in [0.15, 0.2) is 0 Å². The van der Waals surface area contributed by atoms with Gasteiger partial charge in [0.2, 0.25) is 0 Å². The van der Waals surface area contributed by atoms with Crippen molar-refractivity contribution in [1.29, 1.82) is 0 Å². The number of benzene rings is 9. The van der Waals surface area contributed by atoms with Gasteiger partial charge in [-0.3, -0.25) is 0 Å². The molecular formula is C52H33NO2. The molecule has 0 fully saturated rings. The van der Waals surface area contributed by atoms with Crippen molar-refractivity contribution >= 4 is 71.7 Å². The molecule has 3 nitrogen and oxygen atoms in total. The van der Waals surface area contributed by atoms with Crippen LogP contribution in [0.15, 0.2) is 209 Å². The Morgan fingerprint density at radius 3 is 1.71 bits per heavy atom. The highest BCUT2D eigenvalue weighted by Crippen LogP contribution is 2.44. The van der Waals surface area contributed by atoms with Gasteiger partial charge in [-0.15, -0.1) is 0 Å². The van der Waals surface area contributed by atoms with Gasteiger partial charge < -0.3 is 13.7 Å². The van der Waals surface area contributed by atoms with Gasteiger partial charge in [0.1, 0.15) is 22.3 Å². The van der Waals surface area contributed by atoms with Crippen molar-refractivity contribution in [3.63, 3.8) is 0 Å². The van der Waals surface area contributed by atoms with Gasteiger partial charge in [0.05, 0.1) is 5.69 Å². The summed E-state index contributed by atoms with van der Waals surface area (Å²) in [5, 5.41) is 6.81. The van der Waals surface area contributed by atoms with Gasteiger partial charge in [-0.2, -0.15) is 0 Å². The Morgan fingerprint density at radius 1 is 0.291 bits per heavy atom. The number of hydrogen-bond acceptors (Lipinski definition) is 3. The summed E-state index contributed by atoms with van der Waals surface area (Å²) in [6.45, 7) is 0. The van der Waals surface area contributed by atoms with Crippen molar-refractivity contribution in [2.45, 2.75) is 0 Å². The Kier molecular flexibility index (Phi) is 7.17. The standard InChI is InChI=1S/C52H33NO2/c1-2-11-34(12-3-1)36-15-10-16-37(29-36)35-21-24-41(25-22-35)53(42-26-27-45-44-18-7-9-20-49(44)54-52(45)33-42)48-19-8-6-17-43(48)40-23-28-50-46(31-40)47-30-38-13-4-5-14-39(38)32-51(47)55-50/h1-33H. The number of rotatable bonds is 6. The van der Waals surface area contributed by atoms with E-state index >= 15 is 0 Å². The van der Waals surface area contributed by atoms with Crippen LogP contribution in [-0.4, -0.2) is 0 Å². The third-order valence-electron chi connectivity index (χ3n) is 10.8. The van der Waals surface area contributed by atoms with E-state index in [0.29, 0.717) is 0 Å². The zero-order chi connectivity index (χ0) is 36.3. The molecule has 2 aromatic heterocycles. The highest BCUT2D eigenvalue weighted by atomic mass is 16.3. The van der Waals surface area contributed by atoms with E-state index < -0.39 is 0 Å². The lowest BCUT2D eigenvalue weighted by Gasteiger charge is -2.28. The number of anilines is 3. The van der Waals surface area contributed by atoms with E-state index in [0.717, 1.165) is 77.6 Å². The predicted octanol–water partition coefficient (Wildman–Crippen LogP) is 15.1. The Labute approximate surface area is 317 Å². The maximum atomic E-state index is 6.43. The molecule has 0 radical (unpaired) electrons. The Morgan fingerprint density at radius 2 is 0.873 bits per heavy atom. The number of hydrogen-bond donors (Lipinski definition) is 0. The second kappa shape index (κ2) is 12.6. The van der Waals surface area contributed by atoms with E-state index in [1.54, 1.807) is 0 Å². The molecule has 0 unspecified atom stereocenters. The maximum Gasteiger partial charge on any atom is 0.137 e. The molecule has 2 heterocycles. The second-order valence-corrected chi connectivity index (χ2v) is 14.1. The van der Waals surface area contributed by atoms with E-state index in [4.69, 9.17) is 8.83 Å². The van der Waals surface area contributed by atoms with Crippen LogP contribution in [0.4, 0.5) is 17.1 Å². The van der Waals surface area contributed by atoms with Crippen LogP contribution in [0.5, 0.6) is 0 Å². The molecule has 0 aliphatic heterocycles. The predicted molar refractivity (Wildman–Crippen MR) is 229 cm³/mol. The number of fused-ring (bicyclic) bond motifs is 7. The number of para-hydroxylation sites is 2. The van der Waals surface area contributed by atoms with Crippen LogP contribution in [0.1, 0.15) is 0 Å². The van der Waals surface area contributed by atoms with Gasteiger partial charge in [-0.1, -0.05) is 127 Å². The number of furan rings is 2. The zero-order valence-corrected chi connectivity index (χ0v) is 29.8. The number of nitrogens with zero attached hydrogens (tertiary/aromatic N) is 1. The smallest absolute Gasteiger partial charge is 0.137 e. The van der Waals surface area contributed by atoms with Crippen LogP contribution in [-0.2, 0) is 0 Å². The third kappa shape index (κ3) is 5.36. The van der Waals surface area contributed by atoms with Crippen LogP contribution in [0.2, 0.25) is 0 Å². The maximum absolute atomic E-state index is 6.43. The van der Waals surface area contributed by atoms with Crippen LogP contribution in [0.25, 0.3) is 88.0 Å². The van der Waals surface area contributed by atoms with Gasteiger partial charge >= 0.3 is 0 Å². The lowest BCUT2D eigenvalue weighted by molar-refractivity contribution is 0.669. The SMILES string of the molecule is c1ccc(-c2cccc(-c3ccc(N(c4ccc5c(c4)oc4ccccc45)c4ccccc4-c4ccc5oc6cc7ccccc7cc6c5c4)cc3)c2)cc1. The van der Waals surface area contributed by atoms with Gasteiger partial charge in [0.25, 0.3) is 0 Å². The topological polar surface area (TPSA) is 29.5 Å². The summed E-state index contributed by atoms with van der Waals surface area (Å²) in [6.07, 6.45) is 0. The van der Waals surface area contributed by atoms with Gasteiger partial charge in [-0.05, 0) is 105 Å². The molecule has 0 aliphatic carbocycles. The average molecular weight is 704 g/mol. The van der Waals surface area contributed by atoms with Crippen LogP contribution >= 0.6 is 0 Å². The fraction of sp³-hybridized carbons (Fsp3) is 0. The van der Waals surface area contributed by atoms with E-state index in [9.17, 15) is 0 Å². The molecule has 0 amide bonds. The summed E-state index contributed by atoms with van der Waals surface area (Å²) >= 11 is 0. The van der Waals surface area contributed by atoms with Crippen LogP contribution in [0.3, 0.4) is 0 Å². The average Bonchev–Trinajstić information content (AvgIpc) is 3.80.